The summed E-state index contributed by atoms with van der Waals surface area (Å²) < 4.78 is 3.00. The number of benzene rings is 1. The summed E-state index contributed by atoms with van der Waals surface area (Å²) in [7, 11) is 0. The molecule has 3 rings (SSSR count). The lowest BCUT2D eigenvalue weighted by molar-refractivity contribution is -0.119. The highest BCUT2D eigenvalue weighted by Gasteiger charge is 2.20. The molecule has 0 unspecified atom stereocenters. The summed E-state index contributed by atoms with van der Waals surface area (Å²) in [6, 6.07) is 7.82. The number of hydrogen-bond donors (Lipinski definition) is 0. The fraction of sp³-hybridized carbons (Fsp3) is 0.471. The summed E-state index contributed by atoms with van der Waals surface area (Å²) >= 11 is 0. The minimum absolute atomic E-state index is 0.0133. The van der Waals surface area contributed by atoms with Crippen LogP contribution in [0.5, 0.6) is 0 Å². The van der Waals surface area contributed by atoms with Crippen molar-refractivity contribution in [3.8, 4) is 0 Å². The van der Waals surface area contributed by atoms with Crippen molar-refractivity contribution < 1.29 is 4.79 Å². The standard InChI is InChI=1S/C17H22N4O2/c1-3-19(14-8-6-7-13(2)11-14)16(22)12-21-17(23)20-10-5-4-9-15(20)18-21/h6-8,11H,3-5,9-10,12H2,1-2H3. The Hall–Kier alpha value is -2.37. The number of aryl methyl sites for hydroxylation is 2. The average Bonchev–Trinajstić information content (AvgIpc) is 2.85. The molecule has 0 spiro atoms. The van der Waals surface area contributed by atoms with Crippen molar-refractivity contribution in [2.75, 3.05) is 11.4 Å². The van der Waals surface area contributed by atoms with Crippen molar-refractivity contribution in [2.45, 2.75) is 46.2 Å². The van der Waals surface area contributed by atoms with Crippen molar-refractivity contribution in [2.24, 2.45) is 0 Å². The van der Waals surface area contributed by atoms with E-state index in [1.807, 2.05) is 38.1 Å². The van der Waals surface area contributed by atoms with Crippen LogP contribution in [0.2, 0.25) is 0 Å². The fourth-order valence-electron chi connectivity index (χ4n) is 3.06. The number of carbonyl (C=O) groups excluding carboxylic acids is 1. The van der Waals surface area contributed by atoms with Crippen LogP contribution in [0.15, 0.2) is 29.1 Å². The third-order valence-corrected chi connectivity index (χ3v) is 4.25. The van der Waals surface area contributed by atoms with E-state index in [4.69, 9.17) is 0 Å². The van der Waals surface area contributed by atoms with Crippen LogP contribution in [0.3, 0.4) is 0 Å². The molecule has 0 aliphatic carbocycles. The van der Waals surface area contributed by atoms with Gasteiger partial charge in [0.25, 0.3) is 0 Å². The molecule has 0 atom stereocenters. The predicted octanol–water partition coefficient (Wildman–Crippen LogP) is 1.74. The first-order valence-electron chi connectivity index (χ1n) is 8.13. The Kier molecular flexibility index (Phi) is 4.32. The number of hydrogen-bond acceptors (Lipinski definition) is 3. The van der Waals surface area contributed by atoms with Gasteiger partial charge in [0.05, 0.1) is 0 Å². The van der Waals surface area contributed by atoms with E-state index in [1.54, 1.807) is 9.47 Å². The topological polar surface area (TPSA) is 60.1 Å². The van der Waals surface area contributed by atoms with E-state index in [0.29, 0.717) is 13.1 Å². The van der Waals surface area contributed by atoms with Gasteiger partial charge in [-0.1, -0.05) is 12.1 Å². The molecular formula is C17H22N4O2. The summed E-state index contributed by atoms with van der Waals surface area (Å²) in [6.07, 6.45) is 2.86. The van der Waals surface area contributed by atoms with Crippen molar-refractivity contribution in [1.29, 1.82) is 0 Å². The van der Waals surface area contributed by atoms with Gasteiger partial charge in [0.15, 0.2) is 0 Å². The third-order valence-electron chi connectivity index (χ3n) is 4.25. The number of aromatic nitrogens is 3. The zero-order valence-electron chi connectivity index (χ0n) is 13.7. The lowest BCUT2D eigenvalue weighted by Gasteiger charge is -2.21. The lowest BCUT2D eigenvalue weighted by Crippen LogP contribution is -2.37. The second-order valence-corrected chi connectivity index (χ2v) is 5.94. The first-order valence-corrected chi connectivity index (χ1v) is 8.13. The van der Waals surface area contributed by atoms with Gasteiger partial charge in [-0.05, 0) is 44.4 Å². The molecule has 1 aromatic carbocycles. The minimum Gasteiger partial charge on any atom is -0.311 e. The molecule has 0 N–H and O–H groups in total. The van der Waals surface area contributed by atoms with Crippen molar-refractivity contribution in [1.82, 2.24) is 14.3 Å². The third kappa shape index (κ3) is 3.06. The van der Waals surface area contributed by atoms with Gasteiger partial charge in [-0.3, -0.25) is 9.36 Å². The van der Waals surface area contributed by atoms with Crippen LogP contribution in [-0.2, 0) is 24.3 Å². The molecule has 2 aromatic rings. The van der Waals surface area contributed by atoms with Gasteiger partial charge >= 0.3 is 5.69 Å². The molecular weight excluding hydrogens is 292 g/mol. The summed E-state index contributed by atoms with van der Waals surface area (Å²) in [5, 5.41) is 4.34. The molecule has 1 amide bonds. The molecule has 0 bridgehead atoms. The molecule has 0 radical (unpaired) electrons. The number of carbonyl (C=O) groups is 1. The van der Waals surface area contributed by atoms with E-state index in [9.17, 15) is 9.59 Å². The maximum absolute atomic E-state index is 12.6. The second-order valence-electron chi connectivity index (χ2n) is 5.94. The molecule has 0 saturated heterocycles. The summed E-state index contributed by atoms with van der Waals surface area (Å²) in [6.45, 7) is 5.18. The summed E-state index contributed by atoms with van der Waals surface area (Å²) in [5.41, 5.74) is 1.78. The predicted molar refractivity (Wildman–Crippen MR) is 88.6 cm³/mol. The van der Waals surface area contributed by atoms with E-state index >= 15 is 0 Å². The molecule has 2 heterocycles. The first kappa shape index (κ1) is 15.5. The zero-order chi connectivity index (χ0) is 16.4. The Morgan fingerprint density at radius 2 is 2.17 bits per heavy atom. The van der Waals surface area contributed by atoms with Crippen LogP contribution < -0.4 is 10.6 Å². The number of fused-ring (bicyclic) bond motifs is 1. The number of anilines is 1. The van der Waals surface area contributed by atoms with E-state index < -0.39 is 0 Å². The number of nitrogens with zero attached hydrogens (tertiary/aromatic N) is 4. The van der Waals surface area contributed by atoms with Crippen molar-refractivity contribution >= 4 is 11.6 Å². The van der Waals surface area contributed by atoms with Crippen LogP contribution in [-0.4, -0.2) is 26.8 Å². The molecule has 6 nitrogen and oxygen atoms in total. The number of rotatable bonds is 4. The molecule has 1 aromatic heterocycles. The maximum atomic E-state index is 12.6. The van der Waals surface area contributed by atoms with Gasteiger partial charge in [0.1, 0.15) is 12.4 Å². The van der Waals surface area contributed by atoms with E-state index in [-0.39, 0.29) is 18.1 Å². The highest BCUT2D eigenvalue weighted by molar-refractivity contribution is 5.93. The molecule has 0 saturated carbocycles. The van der Waals surface area contributed by atoms with Crippen molar-refractivity contribution in [3.63, 3.8) is 0 Å². The maximum Gasteiger partial charge on any atom is 0.346 e. The summed E-state index contributed by atoms with van der Waals surface area (Å²) in [5.74, 6) is 0.684. The molecule has 6 heteroatoms. The smallest absolute Gasteiger partial charge is 0.311 e. The zero-order valence-corrected chi connectivity index (χ0v) is 13.7. The van der Waals surface area contributed by atoms with Crippen LogP contribution in [0.1, 0.15) is 31.2 Å². The summed E-state index contributed by atoms with van der Waals surface area (Å²) in [4.78, 5) is 26.7. The molecule has 0 fully saturated rings. The van der Waals surface area contributed by atoms with Crippen molar-refractivity contribution in [3.05, 3.63) is 46.1 Å². The highest BCUT2D eigenvalue weighted by atomic mass is 16.2. The van der Waals surface area contributed by atoms with Gasteiger partial charge in [-0.2, -0.15) is 5.10 Å². The molecule has 122 valence electrons. The second kappa shape index (κ2) is 6.40. The highest BCUT2D eigenvalue weighted by Crippen LogP contribution is 2.16. The number of likely N-dealkylation sites (N-methyl/N-ethyl adjacent to an activating group) is 1. The monoisotopic (exact) mass is 314 g/mol. The van der Waals surface area contributed by atoms with E-state index in [2.05, 4.69) is 5.10 Å². The Balaban J connectivity index is 1.83. The average molecular weight is 314 g/mol. The largest absolute Gasteiger partial charge is 0.346 e. The van der Waals surface area contributed by atoms with E-state index in [1.165, 1.54) is 4.68 Å². The van der Waals surface area contributed by atoms with Crippen LogP contribution in [0.25, 0.3) is 0 Å². The van der Waals surface area contributed by atoms with Gasteiger partial charge in [0.2, 0.25) is 5.91 Å². The SMILES string of the molecule is CCN(C(=O)Cn1nc2n(c1=O)CCCC2)c1cccc(C)c1. The normalized spacial score (nSPS) is 13.7. The Morgan fingerprint density at radius 1 is 1.35 bits per heavy atom. The first-order chi connectivity index (χ1) is 11.1. The van der Waals surface area contributed by atoms with Gasteiger partial charge < -0.3 is 4.90 Å². The number of amides is 1. The van der Waals surface area contributed by atoms with Crippen LogP contribution >= 0.6 is 0 Å². The minimum atomic E-state index is -0.173. The Morgan fingerprint density at radius 3 is 2.87 bits per heavy atom. The molecule has 1 aliphatic rings. The molecule has 23 heavy (non-hydrogen) atoms. The Labute approximate surface area is 135 Å². The van der Waals surface area contributed by atoms with E-state index in [0.717, 1.165) is 36.3 Å². The quantitative estimate of drug-likeness (QED) is 0.864. The Bertz CT molecular complexity index is 775. The van der Waals surface area contributed by atoms with Gasteiger partial charge in [0, 0.05) is 25.2 Å². The fourth-order valence-corrected chi connectivity index (χ4v) is 3.06. The lowest BCUT2D eigenvalue weighted by atomic mass is 10.2. The van der Waals surface area contributed by atoms with Gasteiger partial charge in [-0.25, -0.2) is 9.48 Å². The van der Waals surface area contributed by atoms with Gasteiger partial charge in [-0.15, -0.1) is 0 Å². The molecule has 1 aliphatic heterocycles. The van der Waals surface area contributed by atoms with Crippen LogP contribution in [0.4, 0.5) is 5.69 Å². The van der Waals surface area contributed by atoms with Crippen LogP contribution in [0, 0.1) is 6.92 Å².